The first-order chi connectivity index (χ1) is 15.0. The number of carbonyl (C=O) groups excluding carboxylic acids is 2. The van der Waals surface area contributed by atoms with E-state index >= 15 is 0 Å². The van der Waals surface area contributed by atoms with Crippen LogP contribution in [0.4, 0.5) is 0 Å². The zero-order valence-corrected chi connectivity index (χ0v) is 19.5. The fourth-order valence-corrected chi connectivity index (χ4v) is 5.22. The summed E-state index contributed by atoms with van der Waals surface area (Å²) < 4.78 is 10.7. The largest absolute Gasteiger partial charge is 0.465 e. The Hall–Kier alpha value is -1.74. The molecular formula is C21H36B2N5O4. The second-order valence-electron chi connectivity index (χ2n) is 10.5. The van der Waals surface area contributed by atoms with Gasteiger partial charge in [0.1, 0.15) is 19.2 Å². The molecule has 32 heavy (non-hydrogen) atoms. The van der Waals surface area contributed by atoms with Gasteiger partial charge in [0.25, 0.3) is 0 Å². The summed E-state index contributed by atoms with van der Waals surface area (Å²) in [6.07, 6.45) is 5.91. The number of rotatable bonds is 9. The van der Waals surface area contributed by atoms with Gasteiger partial charge in [0.05, 0.1) is 26.5 Å². The summed E-state index contributed by atoms with van der Waals surface area (Å²) in [5.41, 5.74) is 7.53. The number of hydrogen-bond donors (Lipinski definition) is 4. The number of hydrazone groups is 1. The molecule has 11 heteroatoms. The Kier molecular flexibility index (Phi) is 7.49. The lowest BCUT2D eigenvalue weighted by Gasteiger charge is -2.47. The van der Waals surface area contributed by atoms with Crippen LogP contribution in [0, 0.1) is 17.3 Å². The van der Waals surface area contributed by atoms with E-state index in [2.05, 4.69) is 23.2 Å². The smallest absolute Gasteiger partial charge is 0.323 e. The van der Waals surface area contributed by atoms with Gasteiger partial charge in [-0.05, 0) is 57.2 Å². The predicted molar refractivity (Wildman–Crippen MR) is 123 cm³/mol. The van der Waals surface area contributed by atoms with Crippen molar-refractivity contribution in [3.8, 4) is 0 Å². The highest BCUT2D eigenvalue weighted by Crippen LogP contribution is 2.69. The lowest BCUT2D eigenvalue weighted by molar-refractivity contribution is -0.154. The van der Waals surface area contributed by atoms with Crippen LogP contribution in [0.3, 0.4) is 0 Å². The normalized spacial score (nSPS) is 33.9. The van der Waals surface area contributed by atoms with Crippen molar-refractivity contribution in [3.63, 3.8) is 0 Å². The highest BCUT2D eigenvalue weighted by molar-refractivity contribution is 6.72. The van der Waals surface area contributed by atoms with Crippen LogP contribution >= 0.6 is 0 Å². The van der Waals surface area contributed by atoms with Crippen LogP contribution in [0.5, 0.6) is 0 Å². The van der Waals surface area contributed by atoms with Gasteiger partial charge in [-0.3, -0.25) is 9.59 Å². The molecule has 3 rings (SSSR count). The van der Waals surface area contributed by atoms with E-state index in [-0.39, 0.29) is 30.5 Å². The third-order valence-corrected chi connectivity index (χ3v) is 7.10. The van der Waals surface area contributed by atoms with E-state index < -0.39 is 16.8 Å². The number of amidine groups is 1. The average Bonchev–Trinajstić information content (AvgIpc) is 3.34. The van der Waals surface area contributed by atoms with Crippen molar-refractivity contribution in [3.05, 3.63) is 0 Å². The van der Waals surface area contributed by atoms with Gasteiger partial charge < -0.3 is 20.5 Å². The maximum atomic E-state index is 12.7. The quantitative estimate of drug-likeness (QED) is 0.0767. The summed E-state index contributed by atoms with van der Waals surface area (Å²) in [7, 11) is 8.76. The van der Waals surface area contributed by atoms with Gasteiger partial charge in [-0.2, -0.15) is 5.10 Å². The van der Waals surface area contributed by atoms with E-state index in [0.717, 1.165) is 25.7 Å². The number of ether oxygens (including phenoxy) is 2. The number of carbonyl (C=O) groups is 2. The lowest BCUT2D eigenvalue weighted by atomic mass is 9.60. The van der Waals surface area contributed by atoms with Crippen molar-refractivity contribution in [2.45, 2.75) is 82.4 Å². The van der Waals surface area contributed by atoms with Crippen molar-refractivity contribution in [2.24, 2.45) is 33.9 Å². The van der Waals surface area contributed by atoms with Crippen LogP contribution in [0.15, 0.2) is 5.10 Å². The standard InChI is InChI=1S/C21H36B2N5O4/c1-19(2,3)18(30)32-10-4-9-31-17(29)15-12-14-11-13(5-6-16(24)27-28-25)7-8-20(14)21(22,23-20)26-15/h13-15,26,28H,4-12,25H2,1-3H3,(H2,24,27). The maximum Gasteiger partial charge on any atom is 0.323 e. The molecule has 5 unspecified atom stereocenters. The molecule has 2 heterocycles. The molecule has 1 aliphatic carbocycles. The van der Waals surface area contributed by atoms with Crippen molar-refractivity contribution >= 4 is 32.9 Å². The Labute approximate surface area is 192 Å². The van der Waals surface area contributed by atoms with Crippen LogP contribution in [-0.4, -0.2) is 57.5 Å². The summed E-state index contributed by atoms with van der Waals surface area (Å²) in [5.74, 6) is 5.98. The van der Waals surface area contributed by atoms with Crippen molar-refractivity contribution in [1.29, 1.82) is 0 Å². The summed E-state index contributed by atoms with van der Waals surface area (Å²) in [4.78, 5) is 24.5. The number of hydrogen-bond acceptors (Lipinski definition) is 8. The van der Waals surface area contributed by atoms with Gasteiger partial charge in [0, 0.05) is 12.8 Å². The molecule has 5 atom stereocenters. The third-order valence-electron chi connectivity index (χ3n) is 7.10. The highest BCUT2D eigenvalue weighted by Gasteiger charge is 2.71. The molecule has 2 aliphatic heterocycles. The molecular weight excluding hydrogens is 408 g/mol. The Balaban J connectivity index is 1.45. The first-order valence-corrected chi connectivity index (χ1v) is 11.6. The monoisotopic (exact) mass is 444 g/mol. The number of esters is 2. The summed E-state index contributed by atoms with van der Waals surface area (Å²) in [6, 6.07) is -0.430. The second kappa shape index (κ2) is 9.63. The number of nitrogens with two attached hydrogens (primary N) is 2. The molecule has 2 saturated heterocycles. The zero-order chi connectivity index (χ0) is 23.6. The molecule has 9 nitrogen and oxygen atoms in total. The first-order valence-electron chi connectivity index (χ1n) is 11.6. The van der Waals surface area contributed by atoms with Crippen LogP contribution < -0.4 is 22.4 Å². The minimum absolute atomic E-state index is 0.0279. The molecule has 0 aromatic rings. The van der Waals surface area contributed by atoms with Gasteiger partial charge in [-0.25, -0.2) is 11.4 Å². The molecule has 0 amide bonds. The average molecular weight is 444 g/mol. The molecule has 1 spiro atoms. The summed E-state index contributed by atoms with van der Waals surface area (Å²) in [6.45, 7) is 5.85. The number of piperidine rings is 1. The van der Waals surface area contributed by atoms with Crippen LogP contribution in [-0.2, 0) is 19.1 Å². The van der Waals surface area contributed by atoms with E-state index in [1.165, 1.54) is 0 Å². The van der Waals surface area contributed by atoms with Gasteiger partial charge in [-0.1, -0.05) is 18.2 Å². The zero-order valence-electron chi connectivity index (χ0n) is 19.5. The molecule has 6 N–H and O–H groups in total. The van der Waals surface area contributed by atoms with E-state index in [0.29, 0.717) is 36.9 Å². The predicted octanol–water partition coefficient (Wildman–Crippen LogP) is 0.502. The number of hydrazine groups is 1. The molecule has 0 bridgehead atoms. The molecule has 0 aromatic carbocycles. The van der Waals surface area contributed by atoms with Gasteiger partial charge in [-0.15, -0.1) is 0 Å². The second-order valence-corrected chi connectivity index (χ2v) is 10.5. The summed E-state index contributed by atoms with van der Waals surface area (Å²) in [5, 5.41) is 6.51. The van der Waals surface area contributed by atoms with E-state index in [1.54, 1.807) is 20.8 Å². The van der Waals surface area contributed by atoms with Crippen LogP contribution in [0.2, 0.25) is 5.31 Å². The Bertz CT molecular complexity index is 746. The Morgan fingerprint density at radius 2 is 2.00 bits per heavy atom. The molecule has 175 valence electrons. The van der Waals surface area contributed by atoms with Crippen molar-refractivity contribution < 1.29 is 19.1 Å². The Morgan fingerprint density at radius 3 is 2.69 bits per heavy atom. The highest BCUT2D eigenvalue weighted by atomic mass is 16.5. The SMILES string of the molecule is [B]C12[B]C13CCC(CC/C(N)=N/NN)CC3CC(C(=O)OCCCOC(=O)C(C)(C)C)N2. The van der Waals surface area contributed by atoms with E-state index in [9.17, 15) is 9.59 Å². The maximum absolute atomic E-state index is 12.7. The fourth-order valence-electron chi connectivity index (χ4n) is 5.22. The topological polar surface area (TPSA) is 141 Å². The van der Waals surface area contributed by atoms with Crippen molar-refractivity contribution in [2.75, 3.05) is 13.2 Å². The van der Waals surface area contributed by atoms with Gasteiger partial charge >= 0.3 is 11.9 Å². The van der Waals surface area contributed by atoms with Gasteiger partial charge in [0.15, 0.2) is 0 Å². The number of nitrogens with one attached hydrogen (secondary N) is 2. The Morgan fingerprint density at radius 1 is 1.28 bits per heavy atom. The minimum atomic E-state index is -0.600. The van der Waals surface area contributed by atoms with E-state index in [1.807, 2.05) is 0 Å². The van der Waals surface area contributed by atoms with E-state index in [4.69, 9.17) is 28.9 Å². The van der Waals surface area contributed by atoms with Crippen molar-refractivity contribution in [1.82, 2.24) is 10.9 Å². The number of nitrogens with zero attached hydrogens (tertiary/aromatic N) is 1. The van der Waals surface area contributed by atoms with Gasteiger partial charge in [0.2, 0.25) is 0 Å². The minimum Gasteiger partial charge on any atom is -0.465 e. The molecule has 3 radical (unpaired) electrons. The molecule has 3 fully saturated rings. The fraction of sp³-hybridized carbons (Fsp3) is 0.857. The summed E-state index contributed by atoms with van der Waals surface area (Å²) >= 11 is 0. The lowest BCUT2D eigenvalue weighted by Crippen LogP contribution is -2.55. The molecule has 3 aliphatic rings. The van der Waals surface area contributed by atoms with Crippen LogP contribution in [0.25, 0.3) is 0 Å². The molecule has 1 saturated carbocycles. The van der Waals surface area contributed by atoms with Crippen LogP contribution in [0.1, 0.15) is 65.7 Å². The first kappa shape index (κ1) is 24.9. The third kappa shape index (κ3) is 5.42. The molecule has 0 aromatic heterocycles.